The van der Waals surface area contributed by atoms with E-state index in [9.17, 15) is 14.4 Å². The van der Waals surface area contributed by atoms with Gasteiger partial charge in [-0.15, -0.1) is 0 Å². The van der Waals surface area contributed by atoms with E-state index in [1.807, 2.05) is 34.9 Å². The van der Waals surface area contributed by atoms with Crippen LogP contribution in [0.4, 0.5) is 0 Å². The molecule has 1 saturated carbocycles. The van der Waals surface area contributed by atoms with E-state index in [-0.39, 0.29) is 25.0 Å². The van der Waals surface area contributed by atoms with Gasteiger partial charge in [0.1, 0.15) is 6.54 Å². The average molecular weight is 438 g/mol. The first kappa shape index (κ1) is 20.7. The maximum atomic E-state index is 13.5. The van der Waals surface area contributed by atoms with E-state index in [1.54, 1.807) is 11.2 Å². The molecule has 2 aliphatic rings. The molecular weight excluding hydrogens is 410 g/mol. The number of rotatable bonds is 5. The molecule has 0 bridgehead atoms. The van der Waals surface area contributed by atoms with Gasteiger partial charge in [0.05, 0.1) is 26.1 Å². The Bertz CT molecular complexity index is 1230. The summed E-state index contributed by atoms with van der Waals surface area (Å²) in [6, 6.07) is 9.79. The summed E-state index contributed by atoms with van der Waals surface area (Å²) in [5, 5.41) is 0. The van der Waals surface area contributed by atoms with Crippen molar-refractivity contribution in [3.05, 3.63) is 63.1 Å². The molecule has 0 atom stereocenters. The maximum Gasteiger partial charge on any atom is 0.333 e. The second-order valence-corrected chi connectivity index (χ2v) is 8.50. The molecule has 2 aromatic heterocycles. The van der Waals surface area contributed by atoms with Crippen molar-refractivity contribution < 1.29 is 9.53 Å². The third-order valence-electron chi connectivity index (χ3n) is 6.50. The monoisotopic (exact) mass is 437 g/mol. The lowest BCUT2D eigenvalue weighted by Crippen LogP contribution is -2.47. The van der Waals surface area contributed by atoms with Crippen molar-refractivity contribution in [2.75, 3.05) is 26.3 Å². The van der Waals surface area contributed by atoms with Crippen molar-refractivity contribution in [2.45, 2.75) is 44.8 Å². The van der Waals surface area contributed by atoms with Crippen LogP contribution in [0.5, 0.6) is 0 Å². The van der Waals surface area contributed by atoms with Crippen LogP contribution in [0.15, 0.2) is 46.2 Å². The van der Waals surface area contributed by atoms with Crippen LogP contribution >= 0.6 is 0 Å². The second-order valence-electron chi connectivity index (χ2n) is 8.50. The Hall–Kier alpha value is -3.20. The third-order valence-corrected chi connectivity index (χ3v) is 6.50. The minimum Gasteiger partial charge on any atom is -0.378 e. The largest absolute Gasteiger partial charge is 0.378 e. The normalized spacial score (nSPS) is 17.3. The van der Waals surface area contributed by atoms with Gasteiger partial charge in [-0.05, 0) is 18.4 Å². The maximum absolute atomic E-state index is 13.5. The molecule has 0 spiro atoms. The number of nitrogens with zero attached hydrogens (tertiary/aromatic N) is 5. The highest BCUT2D eigenvalue weighted by Crippen LogP contribution is 2.31. The zero-order chi connectivity index (χ0) is 22.1. The molecule has 0 radical (unpaired) electrons. The fourth-order valence-corrected chi connectivity index (χ4v) is 4.76. The number of hydrogen-bond acceptors (Lipinski definition) is 5. The molecule has 3 aromatic rings. The third kappa shape index (κ3) is 3.77. The van der Waals surface area contributed by atoms with E-state index in [0.29, 0.717) is 37.5 Å². The van der Waals surface area contributed by atoms with Gasteiger partial charge in [0, 0.05) is 19.1 Å². The highest BCUT2D eigenvalue weighted by molar-refractivity contribution is 5.77. The van der Waals surface area contributed by atoms with Crippen LogP contribution in [0.3, 0.4) is 0 Å². The van der Waals surface area contributed by atoms with Gasteiger partial charge in [-0.25, -0.2) is 14.3 Å². The summed E-state index contributed by atoms with van der Waals surface area (Å²) >= 11 is 0. The summed E-state index contributed by atoms with van der Waals surface area (Å²) in [4.78, 5) is 46.0. The first-order valence-corrected chi connectivity index (χ1v) is 11.2. The molecule has 1 aliphatic heterocycles. The lowest BCUT2D eigenvalue weighted by molar-refractivity contribution is -0.136. The lowest BCUT2D eigenvalue weighted by Gasteiger charge is -2.27. The van der Waals surface area contributed by atoms with Crippen LogP contribution in [-0.2, 0) is 22.6 Å². The zero-order valence-corrected chi connectivity index (χ0v) is 18.0. The molecule has 1 aliphatic carbocycles. The number of ether oxygens (including phenoxy) is 1. The number of morpholine rings is 1. The van der Waals surface area contributed by atoms with Crippen LogP contribution in [-0.4, -0.2) is 55.8 Å². The molecule has 32 heavy (non-hydrogen) atoms. The van der Waals surface area contributed by atoms with Crippen LogP contribution < -0.4 is 11.2 Å². The van der Waals surface area contributed by atoms with Crippen molar-refractivity contribution in [1.82, 2.24) is 23.6 Å². The Kier molecular flexibility index (Phi) is 5.65. The van der Waals surface area contributed by atoms with E-state index in [2.05, 4.69) is 4.98 Å². The lowest BCUT2D eigenvalue weighted by atomic mass is 10.2. The van der Waals surface area contributed by atoms with Gasteiger partial charge in [0.15, 0.2) is 11.2 Å². The van der Waals surface area contributed by atoms with Crippen LogP contribution in [0, 0.1) is 0 Å². The number of carbonyl (C=O) groups is 1. The summed E-state index contributed by atoms with van der Waals surface area (Å²) in [5.74, 6) is -0.245. The number of amides is 1. The molecule has 5 rings (SSSR count). The van der Waals surface area contributed by atoms with Crippen LogP contribution in [0.2, 0.25) is 0 Å². The smallest absolute Gasteiger partial charge is 0.333 e. The fourth-order valence-electron chi connectivity index (χ4n) is 4.76. The van der Waals surface area contributed by atoms with Gasteiger partial charge in [0.25, 0.3) is 5.56 Å². The summed E-state index contributed by atoms with van der Waals surface area (Å²) in [6.07, 6.45) is 5.86. The van der Waals surface area contributed by atoms with Crippen molar-refractivity contribution in [2.24, 2.45) is 0 Å². The van der Waals surface area contributed by atoms with Gasteiger partial charge >= 0.3 is 5.69 Å². The standard InChI is InChI=1S/C23H27N5O4/c29-19(25-10-12-32-13-11-25)15-27-22(30)20-21(24-16-28(20)18-8-4-5-9-18)26(23(27)31)14-17-6-2-1-3-7-17/h1-3,6-7,16,18H,4-5,8-15H2. The Morgan fingerprint density at radius 1 is 1.03 bits per heavy atom. The first-order valence-electron chi connectivity index (χ1n) is 11.2. The predicted molar refractivity (Wildman–Crippen MR) is 119 cm³/mol. The van der Waals surface area contributed by atoms with Gasteiger partial charge in [-0.1, -0.05) is 43.2 Å². The zero-order valence-electron chi connectivity index (χ0n) is 18.0. The summed E-state index contributed by atoms with van der Waals surface area (Å²) in [6.45, 7) is 1.86. The van der Waals surface area contributed by atoms with Gasteiger partial charge in [0.2, 0.25) is 5.91 Å². The molecule has 3 heterocycles. The summed E-state index contributed by atoms with van der Waals surface area (Å²) in [7, 11) is 0. The van der Waals surface area contributed by atoms with E-state index >= 15 is 0 Å². The van der Waals surface area contributed by atoms with Crippen molar-refractivity contribution >= 4 is 17.1 Å². The topological polar surface area (TPSA) is 91.4 Å². The van der Waals surface area contributed by atoms with E-state index in [0.717, 1.165) is 35.8 Å². The molecule has 0 N–H and O–H groups in total. The highest BCUT2D eigenvalue weighted by Gasteiger charge is 2.26. The fraction of sp³-hybridized carbons (Fsp3) is 0.478. The highest BCUT2D eigenvalue weighted by atomic mass is 16.5. The van der Waals surface area contributed by atoms with Gasteiger partial charge in [-0.2, -0.15) is 0 Å². The molecular formula is C23H27N5O4. The molecule has 9 nitrogen and oxygen atoms in total. The first-order chi connectivity index (χ1) is 15.6. The predicted octanol–water partition coefficient (Wildman–Crippen LogP) is 1.38. The Morgan fingerprint density at radius 2 is 1.75 bits per heavy atom. The molecule has 1 amide bonds. The Morgan fingerprint density at radius 3 is 2.47 bits per heavy atom. The minimum atomic E-state index is -0.510. The number of benzene rings is 1. The number of fused-ring (bicyclic) bond motifs is 1. The van der Waals surface area contributed by atoms with Gasteiger partial charge in [-0.3, -0.25) is 14.2 Å². The molecule has 1 saturated heterocycles. The number of hydrogen-bond donors (Lipinski definition) is 0. The van der Waals surface area contributed by atoms with E-state index < -0.39 is 11.2 Å². The molecule has 1 aromatic carbocycles. The molecule has 2 fully saturated rings. The van der Waals surface area contributed by atoms with E-state index in [4.69, 9.17) is 4.74 Å². The molecule has 9 heteroatoms. The van der Waals surface area contributed by atoms with Gasteiger partial charge < -0.3 is 14.2 Å². The van der Waals surface area contributed by atoms with Crippen molar-refractivity contribution in [3.8, 4) is 0 Å². The van der Waals surface area contributed by atoms with E-state index in [1.165, 1.54) is 4.57 Å². The van der Waals surface area contributed by atoms with Crippen molar-refractivity contribution in [1.29, 1.82) is 0 Å². The van der Waals surface area contributed by atoms with Crippen LogP contribution in [0.25, 0.3) is 11.2 Å². The Balaban J connectivity index is 1.63. The Labute approximate surface area is 184 Å². The average Bonchev–Trinajstić information content (AvgIpc) is 3.51. The summed E-state index contributed by atoms with van der Waals surface area (Å²) < 4.78 is 9.83. The molecule has 168 valence electrons. The number of aromatic nitrogens is 4. The van der Waals surface area contributed by atoms with Crippen molar-refractivity contribution in [3.63, 3.8) is 0 Å². The number of carbonyl (C=O) groups excluding carboxylic acids is 1. The molecule has 0 unspecified atom stereocenters. The second kappa shape index (κ2) is 8.74. The summed E-state index contributed by atoms with van der Waals surface area (Å²) in [5.41, 5.74) is 0.758. The SMILES string of the molecule is O=C(Cn1c(=O)c2c(ncn2C2CCCC2)n(Cc2ccccc2)c1=O)N1CCOCC1. The number of imidazole rings is 1. The van der Waals surface area contributed by atoms with Crippen LogP contribution in [0.1, 0.15) is 37.3 Å². The minimum absolute atomic E-state index is 0.193. The quantitative estimate of drug-likeness (QED) is 0.602.